The van der Waals surface area contributed by atoms with E-state index in [0.717, 1.165) is 11.3 Å². The van der Waals surface area contributed by atoms with Gasteiger partial charge in [0.2, 0.25) is 11.8 Å². The van der Waals surface area contributed by atoms with E-state index in [2.05, 4.69) is 15.2 Å². The summed E-state index contributed by atoms with van der Waals surface area (Å²) in [7, 11) is 0. The van der Waals surface area contributed by atoms with E-state index in [0.29, 0.717) is 30.6 Å². The predicted octanol–water partition coefficient (Wildman–Crippen LogP) is 1.99. The molecule has 0 saturated carbocycles. The second-order valence-corrected chi connectivity index (χ2v) is 5.90. The van der Waals surface area contributed by atoms with Gasteiger partial charge in [0.25, 0.3) is 5.91 Å². The van der Waals surface area contributed by atoms with Crippen molar-refractivity contribution >= 4 is 5.91 Å². The minimum atomic E-state index is -0.407. The highest BCUT2D eigenvalue weighted by molar-refractivity contribution is 5.92. The highest BCUT2D eigenvalue weighted by Crippen LogP contribution is 2.25. The molecule has 1 amide bonds. The maximum Gasteiger partial charge on any atom is 0.272 e. The number of aromatic nitrogens is 3. The molecule has 2 aromatic rings. The van der Waals surface area contributed by atoms with Crippen LogP contribution in [0, 0.1) is 20.8 Å². The molecule has 0 spiro atoms. The number of amides is 1. The summed E-state index contributed by atoms with van der Waals surface area (Å²) in [4.78, 5) is 18.9. The summed E-state index contributed by atoms with van der Waals surface area (Å²) < 4.78 is 11.3. The molecule has 1 saturated heterocycles. The van der Waals surface area contributed by atoms with E-state index < -0.39 is 6.10 Å². The Bertz CT molecular complexity index is 728. The SMILES string of the molecule is Cc1nnc([C@H]2CN(C(=O)c3ccc(C)c(C)n3)C[C@@H](C)O2)o1. The number of carbonyl (C=O) groups is 1. The lowest BCUT2D eigenvalue weighted by Crippen LogP contribution is -2.46. The number of hydrogen-bond donors (Lipinski definition) is 0. The van der Waals surface area contributed by atoms with E-state index >= 15 is 0 Å². The molecule has 0 bridgehead atoms. The van der Waals surface area contributed by atoms with Gasteiger partial charge in [-0.25, -0.2) is 4.98 Å². The third-order valence-corrected chi connectivity index (χ3v) is 3.93. The van der Waals surface area contributed by atoms with Gasteiger partial charge in [0, 0.05) is 19.2 Å². The average Bonchev–Trinajstić information content (AvgIpc) is 2.95. The summed E-state index contributed by atoms with van der Waals surface area (Å²) in [5.41, 5.74) is 2.38. The van der Waals surface area contributed by atoms with Crippen LogP contribution in [0.25, 0.3) is 0 Å². The molecule has 7 nitrogen and oxygen atoms in total. The Morgan fingerprint density at radius 1 is 1.22 bits per heavy atom. The molecule has 1 aliphatic heterocycles. The van der Waals surface area contributed by atoms with Crippen LogP contribution in [0.5, 0.6) is 0 Å². The van der Waals surface area contributed by atoms with Gasteiger partial charge in [-0.15, -0.1) is 10.2 Å². The van der Waals surface area contributed by atoms with Crippen LogP contribution >= 0.6 is 0 Å². The van der Waals surface area contributed by atoms with Crippen LogP contribution in [0.15, 0.2) is 16.5 Å². The Balaban J connectivity index is 1.80. The molecule has 1 fully saturated rings. The Kier molecular flexibility index (Phi) is 4.12. The Labute approximate surface area is 134 Å². The summed E-state index contributed by atoms with van der Waals surface area (Å²) in [5.74, 6) is 0.778. The van der Waals surface area contributed by atoms with Gasteiger partial charge in [0.15, 0.2) is 6.10 Å². The van der Waals surface area contributed by atoms with Gasteiger partial charge in [0.05, 0.1) is 12.6 Å². The molecular formula is C16H20N4O3. The summed E-state index contributed by atoms with van der Waals surface area (Å²) in [6.45, 7) is 8.41. The Morgan fingerprint density at radius 3 is 2.65 bits per heavy atom. The average molecular weight is 316 g/mol. The maximum absolute atomic E-state index is 12.7. The van der Waals surface area contributed by atoms with Gasteiger partial charge >= 0.3 is 0 Å². The standard InChI is InChI=1S/C16H20N4O3/c1-9-5-6-13(17-11(9)3)16(21)20-7-10(2)22-14(8-20)15-19-18-12(4)23-15/h5-6,10,14H,7-8H2,1-4H3/t10-,14-/m1/s1. The molecular weight excluding hydrogens is 296 g/mol. The van der Waals surface area contributed by atoms with Gasteiger partial charge in [-0.2, -0.15) is 0 Å². The second-order valence-electron chi connectivity index (χ2n) is 5.90. The van der Waals surface area contributed by atoms with Crippen LogP contribution < -0.4 is 0 Å². The summed E-state index contributed by atoms with van der Waals surface area (Å²) in [6.07, 6.45) is -0.521. The highest BCUT2D eigenvalue weighted by Gasteiger charge is 2.33. The molecule has 0 unspecified atom stereocenters. The molecule has 0 N–H and O–H groups in total. The van der Waals surface area contributed by atoms with E-state index in [-0.39, 0.29) is 12.0 Å². The molecule has 7 heteroatoms. The van der Waals surface area contributed by atoms with Gasteiger partial charge in [0.1, 0.15) is 5.69 Å². The van der Waals surface area contributed by atoms with Crippen LogP contribution in [0.2, 0.25) is 0 Å². The number of nitrogens with zero attached hydrogens (tertiary/aromatic N) is 4. The van der Waals surface area contributed by atoms with Crippen molar-refractivity contribution in [2.45, 2.75) is 39.9 Å². The van der Waals surface area contributed by atoms with Crippen LogP contribution in [0.1, 0.15) is 46.6 Å². The number of ether oxygens (including phenoxy) is 1. The van der Waals surface area contributed by atoms with Crippen molar-refractivity contribution in [3.8, 4) is 0 Å². The lowest BCUT2D eigenvalue weighted by atomic mass is 10.1. The molecule has 3 rings (SSSR count). The monoisotopic (exact) mass is 316 g/mol. The quantitative estimate of drug-likeness (QED) is 0.843. The predicted molar refractivity (Wildman–Crippen MR) is 81.9 cm³/mol. The summed E-state index contributed by atoms with van der Waals surface area (Å²) in [6, 6.07) is 3.68. The topological polar surface area (TPSA) is 81.4 Å². The smallest absolute Gasteiger partial charge is 0.272 e. The van der Waals surface area contributed by atoms with Gasteiger partial charge in [-0.05, 0) is 32.4 Å². The van der Waals surface area contributed by atoms with Crippen LogP contribution in [0.4, 0.5) is 0 Å². The molecule has 0 radical (unpaired) electrons. The fourth-order valence-electron chi connectivity index (χ4n) is 2.61. The summed E-state index contributed by atoms with van der Waals surface area (Å²) >= 11 is 0. The first kappa shape index (κ1) is 15.6. The highest BCUT2D eigenvalue weighted by atomic mass is 16.5. The maximum atomic E-state index is 12.7. The lowest BCUT2D eigenvalue weighted by Gasteiger charge is -2.35. The fourth-order valence-corrected chi connectivity index (χ4v) is 2.61. The van der Waals surface area contributed by atoms with Crippen LogP contribution in [-0.4, -0.2) is 45.2 Å². The van der Waals surface area contributed by atoms with Crippen LogP contribution in [0.3, 0.4) is 0 Å². The van der Waals surface area contributed by atoms with Crippen molar-refractivity contribution in [1.29, 1.82) is 0 Å². The summed E-state index contributed by atoms with van der Waals surface area (Å²) in [5, 5.41) is 7.82. The largest absolute Gasteiger partial charge is 0.423 e. The van der Waals surface area contributed by atoms with Crippen LogP contribution in [-0.2, 0) is 4.74 Å². The first-order valence-electron chi connectivity index (χ1n) is 7.63. The zero-order valence-corrected chi connectivity index (χ0v) is 13.7. The molecule has 0 aliphatic carbocycles. The normalized spacial score (nSPS) is 21.5. The molecule has 122 valence electrons. The van der Waals surface area contributed by atoms with Gasteiger partial charge in [-0.1, -0.05) is 6.07 Å². The van der Waals surface area contributed by atoms with Crippen molar-refractivity contribution < 1.29 is 13.9 Å². The number of hydrogen-bond acceptors (Lipinski definition) is 6. The first-order valence-corrected chi connectivity index (χ1v) is 7.63. The zero-order chi connectivity index (χ0) is 16.6. The fraction of sp³-hybridized carbons (Fsp3) is 0.500. The van der Waals surface area contributed by atoms with E-state index in [9.17, 15) is 4.79 Å². The zero-order valence-electron chi connectivity index (χ0n) is 13.7. The van der Waals surface area contributed by atoms with Crippen molar-refractivity contribution in [3.05, 3.63) is 40.9 Å². The molecule has 2 atom stereocenters. The van der Waals surface area contributed by atoms with Crippen molar-refractivity contribution in [3.63, 3.8) is 0 Å². The molecule has 1 aliphatic rings. The van der Waals surface area contributed by atoms with Gasteiger partial charge in [-0.3, -0.25) is 4.79 Å². The van der Waals surface area contributed by atoms with E-state index in [4.69, 9.17) is 9.15 Å². The third-order valence-electron chi connectivity index (χ3n) is 3.93. The van der Waals surface area contributed by atoms with Crippen molar-refractivity contribution in [2.24, 2.45) is 0 Å². The molecule has 3 heterocycles. The lowest BCUT2D eigenvalue weighted by molar-refractivity contribution is -0.0797. The minimum absolute atomic E-state index is 0.107. The third kappa shape index (κ3) is 3.24. The van der Waals surface area contributed by atoms with Crippen molar-refractivity contribution in [2.75, 3.05) is 13.1 Å². The van der Waals surface area contributed by atoms with Gasteiger partial charge < -0.3 is 14.1 Å². The molecule has 23 heavy (non-hydrogen) atoms. The van der Waals surface area contributed by atoms with E-state index in [1.807, 2.05) is 26.8 Å². The van der Waals surface area contributed by atoms with E-state index in [1.165, 1.54) is 0 Å². The van der Waals surface area contributed by atoms with E-state index in [1.54, 1.807) is 17.9 Å². The Hall–Kier alpha value is -2.28. The number of aryl methyl sites for hydroxylation is 3. The minimum Gasteiger partial charge on any atom is -0.423 e. The van der Waals surface area contributed by atoms with Crippen molar-refractivity contribution in [1.82, 2.24) is 20.1 Å². The number of pyridine rings is 1. The molecule has 2 aromatic heterocycles. The Morgan fingerprint density at radius 2 is 2.00 bits per heavy atom. The first-order chi connectivity index (χ1) is 10.9. The number of carbonyl (C=O) groups excluding carboxylic acids is 1. The number of rotatable bonds is 2. The number of morpholine rings is 1. The second kappa shape index (κ2) is 6.08. The molecule has 0 aromatic carbocycles.